The van der Waals surface area contributed by atoms with Crippen LogP contribution < -0.4 is 10.1 Å². The third kappa shape index (κ3) is 4.34. The van der Waals surface area contributed by atoms with Crippen LogP contribution in [-0.2, 0) is 11.3 Å². The number of amides is 2. The fourth-order valence-electron chi connectivity index (χ4n) is 3.05. The summed E-state index contributed by atoms with van der Waals surface area (Å²) >= 11 is 0. The van der Waals surface area contributed by atoms with Gasteiger partial charge in [0.05, 0.1) is 38.0 Å². The van der Waals surface area contributed by atoms with Crippen LogP contribution in [0.1, 0.15) is 11.9 Å². The average Bonchev–Trinajstić information content (AvgIpc) is 3.44. The van der Waals surface area contributed by atoms with Crippen molar-refractivity contribution in [3.63, 3.8) is 0 Å². The number of para-hydroxylation sites is 2. The summed E-state index contributed by atoms with van der Waals surface area (Å²) in [6.45, 7) is 2.56. The number of aromatic nitrogens is 2. The molecule has 0 spiro atoms. The molecule has 0 bridgehead atoms. The topological polar surface area (TPSA) is 81.8 Å². The number of morpholine rings is 1. The minimum atomic E-state index is -0.254. The number of urea groups is 1. The van der Waals surface area contributed by atoms with Crippen molar-refractivity contribution >= 4 is 11.7 Å². The highest BCUT2D eigenvalue weighted by Gasteiger charge is 2.27. The van der Waals surface area contributed by atoms with E-state index in [9.17, 15) is 4.79 Å². The van der Waals surface area contributed by atoms with Crippen LogP contribution in [0, 0.1) is 0 Å². The van der Waals surface area contributed by atoms with Gasteiger partial charge in [-0.15, -0.1) is 0 Å². The number of imidazole rings is 1. The molecule has 1 saturated heterocycles. The van der Waals surface area contributed by atoms with E-state index < -0.39 is 0 Å². The molecule has 8 heteroatoms. The lowest BCUT2D eigenvalue weighted by molar-refractivity contribution is -0.0242. The van der Waals surface area contributed by atoms with Crippen LogP contribution in [0.4, 0.5) is 10.5 Å². The molecule has 4 rings (SSSR count). The molecule has 0 aliphatic carbocycles. The number of ether oxygens (including phenoxy) is 2. The molecule has 3 aromatic rings. The summed E-state index contributed by atoms with van der Waals surface area (Å²) < 4.78 is 18.9. The van der Waals surface area contributed by atoms with Gasteiger partial charge in [0.15, 0.2) is 0 Å². The van der Waals surface area contributed by atoms with E-state index in [1.165, 1.54) is 0 Å². The molecule has 1 fully saturated rings. The molecule has 146 valence electrons. The van der Waals surface area contributed by atoms with Crippen molar-refractivity contribution in [2.75, 3.05) is 31.6 Å². The molecule has 2 aromatic heterocycles. The van der Waals surface area contributed by atoms with Crippen molar-refractivity contribution in [1.82, 2.24) is 14.5 Å². The zero-order valence-corrected chi connectivity index (χ0v) is 15.4. The highest BCUT2D eigenvalue weighted by atomic mass is 16.5. The number of furan rings is 1. The van der Waals surface area contributed by atoms with Gasteiger partial charge >= 0.3 is 6.03 Å². The lowest BCUT2D eigenvalue weighted by Gasteiger charge is -2.32. The van der Waals surface area contributed by atoms with Crippen LogP contribution in [0.5, 0.6) is 5.75 Å². The summed E-state index contributed by atoms with van der Waals surface area (Å²) in [7, 11) is 0. The Hall–Kier alpha value is -3.26. The van der Waals surface area contributed by atoms with Crippen LogP contribution in [0.3, 0.4) is 0 Å². The van der Waals surface area contributed by atoms with E-state index in [2.05, 4.69) is 10.3 Å². The minimum Gasteiger partial charge on any atom is -0.490 e. The van der Waals surface area contributed by atoms with Gasteiger partial charge < -0.3 is 28.7 Å². The Kier molecular flexibility index (Phi) is 5.58. The van der Waals surface area contributed by atoms with Gasteiger partial charge in [0.2, 0.25) is 0 Å². The summed E-state index contributed by atoms with van der Waals surface area (Å²) in [5.74, 6) is 1.35. The predicted molar refractivity (Wildman–Crippen MR) is 102 cm³/mol. The minimum absolute atomic E-state index is 0.189. The van der Waals surface area contributed by atoms with E-state index >= 15 is 0 Å². The zero-order chi connectivity index (χ0) is 19.2. The number of hydrogen-bond acceptors (Lipinski definition) is 5. The smallest absolute Gasteiger partial charge is 0.322 e. The van der Waals surface area contributed by atoms with Gasteiger partial charge in [-0.1, -0.05) is 12.1 Å². The number of nitrogens with one attached hydrogen (secondary N) is 1. The molecule has 28 heavy (non-hydrogen) atoms. The molecule has 0 radical (unpaired) electrons. The Morgan fingerprint density at radius 2 is 2.21 bits per heavy atom. The monoisotopic (exact) mass is 382 g/mol. The average molecular weight is 382 g/mol. The number of carbonyl (C=O) groups excluding carboxylic acids is 1. The number of benzene rings is 1. The van der Waals surface area contributed by atoms with Crippen molar-refractivity contribution < 1.29 is 18.7 Å². The number of hydrogen-bond donors (Lipinski definition) is 1. The Labute approximate surface area is 162 Å². The third-order valence-electron chi connectivity index (χ3n) is 4.51. The first-order chi connectivity index (χ1) is 13.8. The van der Waals surface area contributed by atoms with Crippen molar-refractivity contribution in [2.24, 2.45) is 0 Å². The standard InChI is InChI=1S/C20H22N4O4/c25-20(24-10-13-28-19(14-24)18-6-3-11-26-18)22-16-4-1-2-5-17(16)27-12-9-23-8-7-21-15-23/h1-8,11,15,19H,9-10,12-14H2,(H,22,25). The first-order valence-electron chi connectivity index (χ1n) is 9.18. The van der Waals surface area contributed by atoms with Gasteiger partial charge in [-0.05, 0) is 24.3 Å². The van der Waals surface area contributed by atoms with Crippen molar-refractivity contribution in [1.29, 1.82) is 0 Å². The summed E-state index contributed by atoms with van der Waals surface area (Å²) in [5.41, 5.74) is 0.638. The number of nitrogens with zero attached hydrogens (tertiary/aromatic N) is 3. The van der Waals surface area contributed by atoms with Crippen LogP contribution in [0.25, 0.3) is 0 Å². The largest absolute Gasteiger partial charge is 0.490 e. The molecule has 3 heterocycles. The highest BCUT2D eigenvalue weighted by Crippen LogP contribution is 2.26. The second-order valence-corrected chi connectivity index (χ2v) is 6.40. The lowest BCUT2D eigenvalue weighted by Crippen LogP contribution is -2.44. The number of rotatable bonds is 6. The molecule has 1 aliphatic heterocycles. The maximum Gasteiger partial charge on any atom is 0.322 e. The third-order valence-corrected chi connectivity index (χ3v) is 4.51. The Morgan fingerprint density at radius 3 is 3.04 bits per heavy atom. The highest BCUT2D eigenvalue weighted by molar-refractivity contribution is 5.91. The van der Waals surface area contributed by atoms with E-state index in [0.29, 0.717) is 44.3 Å². The molecule has 0 saturated carbocycles. The van der Waals surface area contributed by atoms with Gasteiger partial charge in [-0.2, -0.15) is 0 Å². The first kappa shape index (κ1) is 18.1. The van der Waals surface area contributed by atoms with E-state index in [4.69, 9.17) is 13.9 Å². The van der Waals surface area contributed by atoms with E-state index in [-0.39, 0.29) is 12.1 Å². The number of anilines is 1. The molecule has 1 N–H and O–H groups in total. The Bertz CT molecular complexity index is 880. The Balaban J connectivity index is 1.36. The van der Waals surface area contributed by atoms with Crippen molar-refractivity contribution in [3.8, 4) is 5.75 Å². The molecule has 1 aliphatic rings. The van der Waals surface area contributed by atoms with Crippen molar-refractivity contribution in [3.05, 3.63) is 67.1 Å². The summed E-state index contributed by atoms with van der Waals surface area (Å²) in [4.78, 5) is 18.5. The molecule has 8 nitrogen and oxygen atoms in total. The zero-order valence-electron chi connectivity index (χ0n) is 15.4. The van der Waals surface area contributed by atoms with Crippen LogP contribution in [0.2, 0.25) is 0 Å². The first-order valence-corrected chi connectivity index (χ1v) is 9.18. The molecular weight excluding hydrogens is 360 g/mol. The second-order valence-electron chi connectivity index (χ2n) is 6.40. The SMILES string of the molecule is O=C(Nc1ccccc1OCCn1ccnc1)N1CCOC(c2ccco2)C1. The molecule has 2 amide bonds. The maximum absolute atomic E-state index is 12.8. The number of carbonyl (C=O) groups is 1. The van der Waals surface area contributed by atoms with E-state index in [1.807, 2.05) is 47.2 Å². The second kappa shape index (κ2) is 8.62. The van der Waals surface area contributed by atoms with E-state index in [1.54, 1.807) is 23.7 Å². The molecule has 1 atom stereocenters. The maximum atomic E-state index is 12.8. The van der Waals surface area contributed by atoms with E-state index in [0.717, 1.165) is 5.76 Å². The molecular formula is C20H22N4O4. The summed E-state index contributed by atoms with van der Waals surface area (Å²) in [6.07, 6.45) is 6.70. The van der Waals surface area contributed by atoms with Gasteiger partial charge in [0.1, 0.15) is 24.2 Å². The van der Waals surface area contributed by atoms with Gasteiger partial charge in [-0.3, -0.25) is 0 Å². The van der Waals surface area contributed by atoms with Gasteiger partial charge in [0.25, 0.3) is 0 Å². The van der Waals surface area contributed by atoms with Gasteiger partial charge in [0, 0.05) is 18.9 Å². The van der Waals surface area contributed by atoms with Crippen molar-refractivity contribution in [2.45, 2.75) is 12.6 Å². The normalized spacial score (nSPS) is 16.7. The Morgan fingerprint density at radius 1 is 1.29 bits per heavy atom. The van der Waals surface area contributed by atoms with Gasteiger partial charge in [-0.25, -0.2) is 9.78 Å². The fourth-order valence-corrected chi connectivity index (χ4v) is 3.05. The predicted octanol–water partition coefficient (Wildman–Crippen LogP) is 3.16. The van der Waals surface area contributed by atoms with Crippen LogP contribution >= 0.6 is 0 Å². The van der Waals surface area contributed by atoms with Crippen LogP contribution in [0.15, 0.2) is 65.8 Å². The fraction of sp³-hybridized carbons (Fsp3) is 0.300. The van der Waals surface area contributed by atoms with Crippen LogP contribution in [-0.4, -0.2) is 46.8 Å². The summed E-state index contributed by atoms with van der Waals surface area (Å²) in [6, 6.07) is 10.9. The quantitative estimate of drug-likeness (QED) is 0.708. The summed E-state index contributed by atoms with van der Waals surface area (Å²) in [5, 5.41) is 2.95. The molecule has 1 unspecified atom stereocenters. The lowest BCUT2D eigenvalue weighted by atomic mass is 10.2. The molecule has 1 aromatic carbocycles.